The van der Waals surface area contributed by atoms with Crippen molar-refractivity contribution < 1.29 is 27.8 Å². The molecule has 1 aliphatic rings. The molecule has 0 spiro atoms. The third kappa shape index (κ3) is 7.80. The molecule has 0 radical (unpaired) electrons. The molecule has 1 atom stereocenters. The molecule has 3 rings (SSSR count). The van der Waals surface area contributed by atoms with Crippen LogP contribution in [0.5, 0.6) is 11.5 Å². The van der Waals surface area contributed by atoms with Gasteiger partial charge in [-0.1, -0.05) is 0 Å². The van der Waals surface area contributed by atoms with Gasteiger partial charge in [-0.15, -0.1) is 24.8 Å². The second-order valence-corrected chi connectivity index (χ2v) is 8.06. The van der Waals surface area contributed by atoms with E-state index in [2.05, 4.69) is 15.0 Å². The maximum absolute atomic E-state index is 13.5. The van der Waals surface area contributed by atoms with Crippen LogP contribution in [0.3, 0.4) is 0 Å². The van der Waals surface area contributed by atoms with E-state index < -0.39 is 6.61 Å². The zero-order chi connectivity index (χ0) is 23.1. The summed E-state index contributed by atoms with van der Waals surface area (Å²) in [6.45, 7) is 3.61. The normalized spacial score (nSPS) is 15.6. The number of fused-ring (bicyclic) bond motifs is 1. The topological polar surface area (TPSA) is 72.9 Å². The van der Waals surface area contributed by atoms with Gasteiger partial charge in [0, 0.05) is 50.2 Å². The summed E-state index contributed by atoms with van der Waals surface area (Å²) in [6, 6.07) is 6.11. The van der Waals surface area contributed by atoms with Gasteiger partial charge in [-0.05, 0) is 51.4 Å². The van der Waals surface area contributed by atoms with E-state index in [1.807, 2.05) is 18.7 Å². The van der Waals surface area contributed by atoms with Crippen LogP contribution >= 0.6 is 24.8 Å². The molecule has 1 aromatic heterocycles. The van der Waals surface area contributed by atoms with Gasteiger partial charge in [0.15, 0.2) is 0 Å². The lowest BCUT2D eigenvalue weighted by Crippen LogP contribution is -2.51. The quantitative estimate of drug-likeness (QED) is 0.455. The monoisotopic (exact) mass is 523 g/mol. The highest BCUT2D eigenvalue weighted by Crippen LogP contribution is 2.31. The van der Waals surface area contributed by atoms with Gasteiger partial charge in [0.1, 0.15) is 17.2 Å². The van der Waals surface area contributed by atoms with Crippen LogP contribution in [0.25, 0.3) is 10.9 Å². The summed E-state index contributed by atoms with van der Waals surface area (Å²) in [7, 11) is 1.60. The molecule has 1 fully saturated rings. The summed E-state index contributed by atoms with van der Waals surface area (Å²) >= 11 is 0. The Morgan fingerprint density at radius 2 is 2.00 bits per heavy atom. The Morgan fingerprint density at radius 1 is 1.24 bits per heavy atom. The fourth-order valence-electron chi connectivity index (χ4n) is 3.99. The van der Waals surface area contributed by atoms with Crippen LogP contribution in [-0.2, 0) is 4.74 Å². The van der Waals surface area contributed by atoms with Crippen LogP contribution in [-0.4, -0.2) is 67.9 Å². The van der Waals surface area contributed by atoms with Crippen molar-refractivity contribution in [2.24, 2.45) is 0 Å². The zero-order valence-electron chi connectivity index (χ0n) is 19.6. The lowest BCUT2D eigenvalue weighted by Gasteiger charge is -2.37. The van der Waals surface area contributed by atoms with Gasteiger partial charge in [-0.2, -0.15) is 8.78 Å². The number of pyridine rings is 1. The van der Waals surface area contributed by atoms with E-state index in [4.69, 9.17) is 9.47 Å². The SMILES string of the molecule is COCCCOc1cc(C(=O)N(C(C)C)[C@@H]2CCCNC2)nc2ccc(OC(F)F)cc12.Cl.Cl. The zero-order valence-corrected chi connectivity index (χ0v) is 21.2. The van der Waals surface area contributed by atoms with Crippen LogP contribution < -0.4 is 14.8 Å². The molecule has 0 aliphatic carbocycles. The molecule has 2 heterocycles. The fraction of sp³-hybridized carbons (Fsp3) is 0.565. The molecule has 192 valence electrons. The van der Waals surface area contributed by atoms with E-state index in [0.29, 0.717) is 36.3 Å². The Balaban J connectivity index is 0.00000289. The number of benzene rings is 1. The molecule has 1 amide bonds. The second kappa shape index (κ2) is 14.5. The molecule has 1 N–H and O–H groups in total. The Bertz CT molecular complexity index is 915. The van der Waals surface area contributed by atoms with E-state index in [1.165, 1.54) is 12.1 Å². The number of carbonyl (C=O) groups excluding carboxylic acids is 1. The minimum atomic E-state index is -2.93. The van der Waals surface area contributed by atoms with Crippen molar-refractivity contribution in [3.63, 3.8) is 0 Å². The highest BCUT2D eigenvalue weighted by molar-refractivity contribution is 5.97. The van der Waals surface area contributed by atoms with Crippen molar-refractivity contribution in [2.75, 3.05) is 33.4 Å². The predicted molar refractivity (Wildman–Crippen MR) is 132 cm³/mol. The van der Waals surface area contributed by atoms with Gasteiger partial charge in [-0.3, -0.25) is 4.79 Å². The van der Waals surface area contributed by atoms with Gasteiger partial charge in [0.05, 0.1) is 12.1 Å². The minimum Gasteiger partial charge on any atom is -0.493 e. The number of aromatic nitrogens is 1. The molecule has 0 saturated carbocycles. The molecule has 1 saturated heterocycles. The van der Waals surface area contributed by atoms with E-state index >= 15 is 0 Å². The fourth-order valence-corrected chi connectivity index (χ4v) is 3.99. The number of hydrogen-bond donors (Lipinski definition) is 1. The summed E-state index contributed by atoms with van der Waals surface area (Å²) in [5.41, 5.74) is 0.741. The summed E-state index contributed by atoms with van der Waals surface area (Å²) in [5, 5.41) is 3.86. The van der Waals surface area contributed by atoms with Crippen molar-refractivity contribution in [2.45, 2.75) is 51.8 Å². The number of nitrogens with one attached hydrogen (secondary N) is 1. The van der Waals surface area contributed by atoms with Crippen molar-refractivity contribution in [3.05, 3.63) is 30.0 Å². The van der Waals surface area contributed by atoms with Crippen molar-refractivity contribution in [1.82, 2.24) is 15.2 Å². The van der Waals surface area contributed by atoms with Gasteiger partial charge < -0.3 is 24.4 Å². The third-order valence-electron chi connectivity index (χ3n) is 5.39. The summed E-state index contributed by atoms with van der Waals surface area (Å²) < 4.78 is 40.9. The van der Waals surface area contributed by atoms with Crippen LogP contribution in [0.15, 0.2) is 24.3 Å². The minimum absolute atomic E-state index is 0. The number of piperidine rings is 1. The maximum atomic E-state index is 13.5. The van der Waals surface area contributed by atoms with Gasteiger partial charge in [0.2, 0.25) is 0 Å². The van der Waals surface area contributed by atoms with Gasteiger partial charge in [-0.25, -0.2) is 4.98 Å². The predicted octanol–water partition coefficient (Wildman–Crippen LogP) is 4.70. The summed E-state index contributed by atoms with van der Waals surface area (Å²) in [5.74, 6) is 0.233. The highest BCUT2D eigenvalue weighted by Gasteiger charge is 2.30. The lowest BCUT2D eigenvalue weighted by molar-refractivity contribution is -0.0497. The van der Waals surface area contributed by atoms with E-state index in [-0.39, 0.29) is 54.2 Å². The number of methoxy groups -OCH3 is 1. The number of hydrogen-bond acceptors (Lipinski definition) is 6. The van der Waals surface area contributed by atoms with Crippen molar-refractivity contribution in [3.8, 4) is 11.5 Å². The third-order valence-corrected chi connectivity index (χ3v) is 5.39. The Morgan fingerprint density at radius 3 is 2.62 bits per heavy atom. The number of halogens is 4. The Labute approximate surface area is 211 Å². The van der Waals surface area contributed by atoms with Crippen molar-refractivity contribution in [1.29, 1.82) is 0 Å². The Kier molecular flexibility index (Phi) is 12.8. The van der Waals surface area contributed by atoms with Gasteiger partial charge >= 0.3 is 6.61 Å². The first-order valence-corrected chi connectivity index (χ1v) is 11.0. The van der Waals surface area contributed by atoms with E-state index in [9.17, 15) is 13.6 Å². The number of alkyl halides is 2. The molecular formula is C23H33Cl2F2N3O4. The number of carbonyl (C=O) groups is 1. The molecule has 0 bridgehead atoms. The molecule has 7 nitrogen and oxygen atoms in total. The standard InChI is InChI=1S/C23H31F2N3O4.2ClH/c1-15(2)28(16-6-4-9-26-14-16)22(29)20-13-21(31-11-5-10-30-3)18-12-17(32-23(24)25)7-8-19(18)27-20;;/h7-8,12-13,15-16,23,26H,4-6,9-11,14H2,1-3H3;2*1H/t16-;;/m1../s1. The molecule has 34 heavy (non-hydrogen) atoms. The maximum Gasteiger partial charge on any atom is 0.387 e. The first-order chi connectivity index (χ1) is 15.4. The molecule has 11 heteroatoms. The van der Waals surface area contributed by atoms with E-state index in [0.717, 1.165) is 25.9 Å². The number of amides is 1. The van der Waals surface area contributed by atoms with Crippen LogP contribution in [0, 0.1) is 0 Å². The average Bonchev–Trinajstić information content (AvgIpc) is 2.76. The lowest BCUT2D eigenvalue weighted by atomic mass is 10.0. The first-order valence-electron chi connectivity index (χ1n) is 11.0. The van der Waals surface area contributed by atoms with Gasteiger partial charge in [0.25, 0.3) is 5.91 Å². The molecule has 2 aromatic rings. The smallest absolute Gasteiger partial charge is 0.387 e. The molecule has 0 unspecified atom stereocenters. The summed E-state index contributed by atoms with van der Waals surface area (Å²) in [4.78, 5) is 19.9. The number of rotatable bonds is 10. The van der Waals surface area contributed by atoms with Crippen LogP contribution in [0.1, 0.15) is 43.6 Å². The largest absolute Gasteiger partial charge is 0.493 e. The van der Waals surface area contributed by atoms with Crippen LogP contribution in [0.2, 0.25) is 0 Å². The van der Waals surface area contributed by atoms with E-state index in [1.54, 1.807) is 19.2 Å². The highest BCUT2D eigenvalue weighted by atomic mass is 35.5. The van der Waals surface area contributed by atoms with Crippen molar-refractivity contribution >= 4 is 41.6 Å². The number of ether oxygens (including phenoxy) is 3. The average molecular weight is 524 g/mol. The number of nitrogens with zero attached hydrogens (tertiary/aromatic N) is 2. The first kappa shape index (κ1) is 30.1. The summed E-state index contributed by atoms with van der Waals surface area (Å²) in [6.07, 6.45) is 2.58. The van der Waals surface area contributed by atoms with Crippen LogP contribution in [0.4, 0.5) is 8.78 Å². The molecular weight excluding hydrogens is 491 g/mol. The second-order valence-electron chi connectivity index (χ2n) is 8.06. The Hall–Kier alpha value is -1.94. The molecule has 1 aromatic carbocycles. The molecule has 1 aliphatic heterocycles.